The smallest absolute Gasteiger partial charge is 0.274 e. The Kier molecular flexibility index (Phi) is 4.81. The number of likely N-dealkylation sites (tertiary alicyclic amines) is 1. The quantitative estimate of drug-likeness (QED) is 0.593. The first kappa shape index (κ1) is 18.3. The SMILES string of the molecule is O=C(c1cc(C2CC2)[nH]n1)N1CCC(c2c[nH]c3ncccc23)C(OCCO)C1. The van der Waals surface area contributed by atoms with E-state index >= 15 is 0 Å². The van der Waals surface area contributed by atoms with Gasteiger partial charge in [-0.1, -0.05) is 0 Å². The van der Waals surface area contributed by atoms with Gasteiger partial charge in [0.15, 0.2) is 0 Å². The number of hydrogen-bond acceptors (Lipinski definition) is 5. The molecular weight excluding hydrogens is 370 g/mol. The molecular formula is C21H25N5O3. The Balaban J connectivity index is 1.36. The molecule has 2 aliphatic rings. The molecule has 8 heteroatoms. The number of aliphatic hydroxyl groups is 1. The number of rotatable bonds is 6. The maximum Gasteiger partial charge on any atom is 0.274 e. The van der Waals surface area contributed by atoms with Crippen LogP contribution in [0, 0.1) is 0 Å². The van der Waals surface area contributed by atoms with Crippen molar-refractivity contribution >= 4 is 16.9 Å². The van der Waals surface area contributed by atoms with Crippen molar-refractivity contribution in [1.82, 2.24) is 25.1 Å². The number of piperidine rings is 1. The van der Waals surface area contributed by atoms with Gasteiger partial charge < -0.3 is 19.7 Å². The van der Waals surface area contributed by atoms with Crippen molar-refractivity contribution < 1.29 is 14.6 Å². The van der Waals surface area contributed by atoms with Crippen molar-refractivity contribution in [3.63, 3.8) is 0 Å². The zero-order valence-electron chi connectivity index (χ0n) is 16.2. The van der Waals surface area contributed by atoms with Crippen LogP contribution in [0.15, 0.2) is 30.6 Å². The fourth-order valence-corrected chi connectivity index (χ4v) is 4.33. The van der Waals surface area contributed by atoms with E-state index in [1.54, 1.807) is 6.20 Å². The molecule has 5 rings (SSSR count). The Hall–Kier alpha value is -2.71. The van der Waals surface area contributed by atoms with Crippen LogP contribution in [-0.4, -0.2) is 68.5 Å². The minimum absolute atomic E-state index is 0.0449. The molecule has 8 nitrogen and oxygen atoms in total. The highest BCUT2D eigenvalue weighted by molar-refractivity contribution is 5.92. The number of carbonyl (C=O) groups excluding carboxylic acids is 1. The van der Waals surface area contributed by atoms with Gasteiger partial charge in [0.1, 0.15) is 11.3 Å². The molecule has 1 amide bonds. The molecule has 2 atom stereocenters. The molecule has 0 radical (unpaired) electrons. The lowest BCUT2D eigenvalue weighted by molar-refractivity contribution is -0.0230. The highest BCUT2D eigenvalue weighted by Gasteiger charge is 2.36. The van der Waals surface area contributed by atoms with E-state index in [9.17, 15) is 9.90 Å². The number of H-pyrrole nitrogens is 2. The van der Waals surface area contributed by atoms with Gasteiger partial charge in [-0.2, -0.15) is 5.10 Å². The van der Waals surface area contributed by atoms with Crippen LogP contribution in [-0.2, 0) is 4.74 Å². The lowest BCUT2D eigenvalue weighted by Crippen LogP contribution is -2.47. The van der Waals surface area contributed by atoms with E-state index < -0.39 is 0 Å². The molecule has 1 aliphatic carbocycles. The van der Waals surface area contributed by atoms with E-state index in [-0.39, 0.29) is 31.1 Å². The van der Waals surface area contributed by atoms with Gasteiger partial charge in [0, 0.05) is 48.4 Å². The van der Waals surface area contributed by atoms with Gasteiger partial charge in [-0.15, -0.1) is 0 Å². The Labute approximate surface area is 168 Å². The normalized spacial score (nSPS) is 22.3. The lowest BCUT2D eigenvalue weighted by atomic mass is 9.86. The topological polar surface area (TPSA) is 107 Å². The number of pyridine rings is 1. The zero-order valence-corrected chi connectivity index (χ0v) is 16.2. The van der Waals surface area contributed by atoms with E-state index in [1.165, 1.54) is 0 Å². The number of nitrogens with one attached hydrogen (secondary N) is 2. The number of aromatic amines is 2. The number of aromatic nitrogens is 4. The van der Waals surface area contributed by atoms with Crippen molar-refractivity contribution in [2.45, 2.75) is 37.2 Å². The third-order valence-electron chi connectivity index (χ3n) is 5.99. The highest BCUT2D eigenvalue weighted by Crippen LogP contribution is 2.39. The van der Waals surface area contributed by atoms with E-state index in [1.807, 2.05) is 23.2 Å². The number of aliphatic hydroxyl groups excluding tert-OH is 1. The Morgan fingerprint density at radius 1 is 1.34 bits per heavy atom. The van der Waals surface area contributed by atoms with Gasteiger partial charge in [0.05, 0.1) is 19.3 Å². The maximum atomic E-state index is 13.0. The molecule has 29 heavy (non-hydrogen) atoms. The number of nitrogens with zero attached hydrogens (tertiary/aromatic N) is 3. The summed E-state index contributed by atoms with van der Waals surface area (Å²) in [6.45, 7) is 1.32. The monoisotopic (exact) mass is 395 g/mol. The third kappa shape index (κ3) is 3.54. The highest BCUT2D eigenvalue weighted by atomic mass is 16.5. The standard InChI is InChI=1S/C21H25N5O3/c27-8-9-29-19-12-26(21(28)18-10-17(24-25-18)13-3-4-13)7-5-14(19)16-11-23-20-15(16)2-1-6-22-20/h1-2,6,10-11,13-14,19,27H,3-5,7-9,12H2,(H,22,23)(H,24,25). The van der Waals surface area contributed by atoms with Crippen molar-refractivity contribution in [1.29, 1.82) is 0 Å². The maximum absolute atomic E-state index is 13.0. The third-order valence-corrected chi connectivity index (χ3v) is 5.99. The molecule has 0 bridgehead atoms. The molecule has 0 spiro atoms. The first-order valence-corrected chi connectivity index (χ1v) is 10.2. The molecule has 1 saturated carbocycles. The first-order valence-electron chi connectivity index (χ1n) is 10.2. The summed E-state index contributed by atoms with van der Waals surface area (Å²) in [5, 5.41) is 17.6. The zero-order chi connectivity index (χ0) is 19.8. The molecule has 2 fully saturated rings. The minimum Gasteiger partial charge on any atom is -0.394 e. The molecule has 3 N–H and O–H groups in total. The molecule has 3 aromatic rings. The summed E-state index contributed by atoms with van der Waals surface area (Å²) in [5.41, 5.74) is 3.54. The van der Waals surface area contributed by atoms with Crippen molar-refractivity contribution in [2.24, 2.45) is 0 Å². The lowest BCUT2D eigenvalue weighted by Gasteiger charge is -2.38. The Bertz CT molecular complexity index is 1010. The number of fused-ring (bicyclic) bond motifs is 1. The van der Waals surface area contributed by atoms with Crippen LogP contribution >= 0.6 is 0 Å². The van der Waals surface area contributed by atoms with Crippen molar-refractivity contribution in [2.75, 3.05) is 26.3 Å². The minimum atomic E-state index is -0.194. The van der Waals surface area contributed by atoms with Gasteiger partial charge in [-0.25, -0.2) is 4.98 Å². The van der Waals surface area contributed by atoms with Crippen LogP contribution in [0.25, 0.3) is 11.0 Å². The van der Waals surface area contributed by atoms with E-state index in [2.05, 4.69) is 26.2 Å². The molecule has 3 aromatic heterocycles. The molecule has 2 unspecified atom stereocenters. The summed E-state index contributed by atoms with van der Waals surface area (Å²) in [7, 11) is 0. The van der Waals surface area contributed by atoms with Gasteiger partial charge in [0.25, 0.3) is 5.91 Å². The molecule has 1 saturated heterocycles. The number of carbonyl (C=O) groups is 1. The van der Waals surface area contributed by atoms with Gasteiger partial charge in [0.2, 0.25) is 0 Å². The van der Waals surface area contributed by atoms with Crippen LogP contribution in [0.2, 0.25) is 0 Å². The molecule has 0 aromatic carbocycles. The van der Waals surface area contributed by atoms with Crippen molar-refractivity contribution in [3.05, 3.63) is 47.5 Å². The van der Waals surface area contributed by atoms with Gasteiger partial charge in [-0.05, 0) is 43.0 Å². The average Bonchev–Trinajstić information content (AvgIpc) is 3.33. The summed E-state index contributed by atoms with van der Waals surface area (Å²) in [6, 6.07) is 5.87. The van der Waals surface area contributed by atoms with E-state index in [4.69, 9.17) is 4.74 Å². The van der Waals surface area contributed by atoms with Crippen LogP contribution in [0.1, 0.15) is 52.8 Å². The van der Waals surface area contributed by atoms with Crippen LogP contribution in [0.4, 0.5) is 0 Å². The fraction of sp³-hybridized carbons (Fsp3) is 0.476. The fourth-order valence-electron chi connectivity index (χ4n) is 4.33. The van der Waals surface area contributed by atoms with Crippen molar-refractivity contribution in [3.8, 4) is 0 Å². The predicted octanol–water partition coefficient (Wildman–Crippen LogP) is 2.17. The molecule has 4 heterocycles. The number of ether oxygens (including phenoxy) is 1. The summed E-state index contributed by atoms with van der Waals surface area (Å²) < 4.78 is 5.98. The first-order chi connectivity index (χ1) is 14.2. The van der Waals surface area contributed by atoms with Gasteiger partial charge in [-0.3, -0.25) is 9.89 Å². The Morgan fingerprint density at radius 2 is 2.24 bits per heavy atom. The largest absolute Gasteiger partial charge is 0.394 e. The number of amides is 1. The molecule has 1 aliphatic heterocycles. The second-order valence-electron chi connectivity index (χ2n) is 7.91. The van der Waals surface area contributed by atoms with Crippen LogP contribution in [0.3, 0.4) is 0 Å². The van der Waals surface area contributed by atoms with E-state index in [0.717, 1.165) is 41.6 Å². The Morgan fingerprint density at radius 3 is 3.07 bits per heavy atom. The second-order valence-corrected chi connectivity index (χ2v) is 7.91. The summed E-state index contributed by atoms with van der Waals surface area (Å²) >= 11 is 0. The molecule has 152 valence electrons. The second kappa shape index (κ2) is 7.61. The summed E-state index contributed by atoms with van der Waals surface area (Å²) in [4.78, 5) is 22.4. The van der Waals surface area contributed by atoms with Crippen LogP contribution in [0.5, 0.6) is 0 Å². The predicted molar refractivity (Wildman–Crippen MR) is 107 cm³/mol. The van der Waals surface area contributed by atoms with Crippen LogP contribution < -0.4 is 0 Å². The average molecular weight is 395 g/mol. The van der Waals surface area contributed by atoms with E-state index in [0.29, 0.717) is 24.7 Å². The summed E-state index contributed by atoms with van der Waals surface area (Å²) in [6.07, 6.45) is 6.67. The number of hydrogen-bond donors (Lipinski definition) is 3. The van der Waals surface area contributed by atoms with Gasteiger partial charge >= 0.3 is 0 Å². The summed E-state index contributed by atoms with van der Waals surface area (Å²) in [5.74, 6) is 0.598.